The van der Waals surface area contributed by atoms with E-state index in [-0.39, 0.29) is 12.2 Å². The number of carbonyl (C=O) groups excluding carboxylic acids is 1. The van der Waals surface area contributed by atoms with E-state index in [1.54, 1.807) is 0 Å². The van der Waals surface area contributed by atoms with Gasteiger partial charge >= 0.3 is 5.97 Å². The first-order valence-electron chi connectivity index (χ1n) is 7.52. The molecule has 0 aromatic rings. The lowest BCUT2D eigenvalue weighted by Crippen LogP contribution is -2.32. The minimum absolute atomic E-state index is 0.150. The Morgan fingerprint density at radius 3 is 2.20 bits per heavy atom. The smallest absolute Gasteiger partial charge is 0.303 e. The number of carbonyl (C=O) groups is 2. The van der Waals surface area contributed by atoms with Crippen molar-refractivity contribution in [3.05, 3.63) is 0 Å². The molecule has 0 aromatic carbocycles. The van der Waals surface area contributed by atoms with Crippen molar-refractivity contribution < 1.29 is 14.7 Å². The maximum Gasteiger partial charge on any atom is 0.303 e. The molecule has 0 heterocycles. The number of rotatable bonds is 15. The van der Waals surface area contributed by atoms with Gasteiger partial charge in [-0.05, 0) is 38.9 Å². The van der Waals surface area contributed by atoms with E-state index in [2.05, 4.69) is 22.9 Å². The number of hydrogen-bond donors (Lipinski definition) is 4. The predicted molar refractivity (Wildman–Crippen MR) is 80.0 cm³/mol. The maximum absolute atomic E-state index is 11.5. The lowest BCUT2D eigenvalue weighted by Gasteiger charge is -2.06. The van der Waals surface area contributed by atoms with Gasteiger partial charge in [0.25, 0.3) is 0 Å². The first-order chi connectivity index (χ1) is 9.66. The van der Waals surface area contributed by atoms with E-state index in [0.29, 0.717) is 25.8 Å². The molecule has 0 aliphatic heterocycles. The van der Waals surface area contributed by atoms with Gasteiger partial charge in [-0.3, -0.25) is 9.59 Å². The van der Waals surface area contributed by atoms with Crippen LogP contribution < -0.4 is 16.0 Å². The summed E-state index contributed by atoms with van der Waals surface area (Å²) in [5.74, 6) is -0.640. The number of hydrogen-bond acceptors (Lipinski definition) is 5. The highest BCUT2D eigenvalue weighted by atomic mass is 16.4. The van der Waals surface area contributed by atoms with Gasteiger partial charge in [0.05, 0.1) is 6.54 Å². The van der Waals surface area contributed by atoms with Gasteiger partial charge in [-0.1, -0.05) is 6.92 Å². The molecular weight excluding hydrogens is 258 g/mol. The molecule has 4 N–H and O–H groups in total. The second-order valence-corrected chi connectivity index (χ2v) is 4.77. The average Bonchev–Trinajstić information content (AvgIpc) is 2.41. The van der Waals surface area contributed by atoms with Crippen LogP contribution in [0.4, 0.5) is 0 Å². The summed E-state index contributed by atoms with van der Waals surface area (Å²) in [5, 5.41) is 18.1. The molecule has 6 nitrogen and oxygen atoms in total. The Bertz CT molecular complexity index is 260. The highest BCUT2D eigenvalue weighted by Gasteiger charge is 2.02. The number of carboxylic acids is 1. The molecule has 0 atom stereocenters. The number of unbranched alkanes of at least 4 members (excludes halogenated alkanes) is 1. The molecule has 118 valence electrons. The van der Waals surface area contributed by atoms with E-state index in [4.69, 9.17) is 5.11 Å². The zero-order chi connectivity index (χ0) is 15.1. The third kappa shape index (κ3) is 15.1. The number of nitrogens with one attached hydrogen (secondary N) is 3. The van der Waals surface area contributed by atoms with Crippen molar-refractivity contribution in [2.45, 2.75) is 39.0 Å². The van der Waals surface area contributed by atoms with Crippen molar-refractivity contribution in [2.75, 3.05) is 39.3 Å². The molecule has 0 rings (SSSR count). The zero-order valence-electron chi connectivity index (χ0n) is 12.5. The Labute approximate surface area is 121 Å². The van der Waals surface area contributed by atoms with Gasteiger partial charge in [-0.15, -0.1) is 0 Å². The van der Waals surface area contributed by atoms with E-state index in [9.17, 15) is 9.59 Å². The van der Waals surface area contributed by atoms with Crippen LogP contribution in [0.25, 0.3) is 0 Å². The third-order valence-electron chi connectivity index (χ3n) is 2.85. The zero-order valence-corrected chi connectivity index (χ0v) is 12.5. The number of carboxylic acid groups (broad SMARTS) is 1. The largest absolute Gasteiger partial charge is 0.481 e. The highest BCUT2D eigenvalue weighted by Crippen LogP contribution is 1.99. The van der Waals surface area contributed by atoms with Crippen molar-refractivity contribution in [1.29, 1.82) is 0 Å². The molecular formula is C14H29N3O3. The summed E-state index contributed by atoms with van der Waals surface area (Å²) >= 11 is 0. The molecule has 0 spiro atoms. The maximum atomic E-state index is 11.5. The summed E-state index contributed by atoms with van der Waals surface area (Å²) in [4.78, 5) is 21.7. The van der Waals surface area contributed by atoms with Gasteiger partial charge in [-0.2, -0.15) is 0 Å². The van der Waals surface area contributed by atoms with Crippen LogP contribution in [0.15, 0.2) is 0 Å². The van der Waals surface area contributed by atoms with Gasteiger partial charge < -0.3 is 21.1 Å². The van der Waals surface area contributed by atoms with Crippen LogP contribution in [0.1, 0.15) is 39.0 Å². The number of aliphatic carboxylic acids is 1. The molecule has 0 aliphatic carbocycles. The predicted octanol–water partition coefficient (Wildman–Crippen LogP) is 0.379. The molecule has 20 heavy (non-hydrogen) atoms. The van der Waals surface area contributed by atoms with Crippen LogP contribution in [-0.4, -0.2) is 56.1 Å². The summed E-state index contributed by atoms with van der Waals surface area (Å²) in [7, 11) is 0. The van der Waals surface area contributed by atoms with Crippen LogP contribution in [0, 0.1) is 0 Å². The number of ketones is 1. The summed E-state index contributed by atoms with van der Waals surface area (Å²) < 4.78 is 0. The normalized spacial score (nSPS) is 10.7. The molecule has 0 amide bonds. The minimum Gasteiger partial charge on any atom is -0.481 e. The Morgan fingerprint density at radius 1 is 0.850 bits per heavy atom. The monoisotopic (exact) mass is 287 g/mol. The van der Waals surface area contributed by atoms with Crippen LogP contribution >= 0.6 is 0 Å². The third-order valence-corrected chi connectivity index (χ3v) is 2.85. The summed E-state index contributed by atoms with van der Waals surface area (Å²) in [6.07, 6.45) is 2.97. The van der Waals surface area contributed by atoms with Crippen molar-refractivity contribution in [3.8, 4) is 0 Å². The molecule has 0 bridgehead atoms. The van der Waals surface area contributed by atoms with Gasteiger partial charge in [0, 0.05) is 25.9 Å². The first-order valence-corrected chi connectivity index (χ1v) is 7.52. The Morgan fingerprint density at radius 2 is 1.50 bits per heavy atom. The lowest BCUT2D eigenvalue weighted by atomic mass is 10.1. The van der Waals surface area contributed by atoms with Crippen LogP contribution in [0.2, 0.25) is 0 Å². The SMILES string of the molecule is CCNCCCNCCNCC(=O)CCCCC(=O)O. The molecule has 0 fully saturated rings. The molecule has 0 radical (unpaired) electrons. The van der Waals surface area contributed by atoms with Gasteiger partial charge in [-0.25, -0.2) is 0 Å². The van der Waals surface area contributed by atoms with Crippen molar-refractivity contribution >= 4 is 11.8 Å². The van der Waals surface area contributed by atoms with Gasteiger partial charge in [0.2, 0.25) is 0 Å². The van der Waals surface area contributed by atoms with E-state index in [1.807, 2.05) is 0 Å². The summed E-state index contributed by atoms with van der Waals surface area (Å²) in [6, 6.07) is 0. The van der Waals surface area contributed by atoms with E-state index < -0.39 is 5.97 Å². The fourth-order valence-electron chi connectivity index (χ4n) is 1.73. The molecule has 0 unspecified atom stereocenters. The number of Topliss-reactive ketones (excluding diaryl/α,β-unsaturated/α-hetero) is 1. The minimum atomic E-state index is -0.796. The molecule has 6 heteroatoms. The molecule has 0 saturated carbocycles. The van der Waals surface area contributed by atoms with Crippen molar-refractivity contribution in [1.82, 2.24) is 16.0 Å². The summed E-state index contributed by atoms with van der Waals surface area (Å²) in [5.41, 5.74) is 0. The fourth-order valence-corrected chi connectivity index (χ4v) is 1.73. The average molecular weight is 287 g/mol. The highest BCUT2D eigenvalue weighted by molar-refractivity contribution is 5.80. The molecule has 0 aliphatic rings. The molecule has 0 saturated heterocycles. The Balaban J connectivity index is 3.17. The second kappa shape index (κ2) is 14.4. The van der Waals surface area contributed by atoms with Crippen LogP contribution in [0.3, 0.4) is 0 Å². The van der Waals surface area contributed by atoms with Crippen molar-refractivity contribution in [3.63, 3.8) is 0 Å². The molecule has 0 aromatic heterocycles. The quantitative estimate of drug-likeness (QED) is 0.326. The van der Waals surface area contributed by atoms with Gasteiger partial charge in [0.15, 0.2) is 0 Å². The Kier molecular flexibility index (Phi) is 13.7. The van der Waals surface area contributed by atoms with E-state index >= 15 is 0 Å². The van der Waals surface area contributed by atoms with Crippen LogP contribution in [-0.2, 0) is 9.59 Å². The van der Waals surface area contributed by atoms with E-state index in [0.717, 1.165) is 39.1 Å². The van der Waals surface area contributed by atoms with Gasteiger partial charge in [0.1, 0.15) is 5.78 Å². The topological polar surface area (TPSA) is 90.5 Å². The van der Waals surface area contributed by atoms with E-state index in [1.165, 1.54) is 0 Å². The van der Waals surface area contributed by atoms with Crippen molar-refractivity contribution in [2.24, 2.45) is 0 Å². The fraction of sp³-hybridized carbons (Fsp3) is 0.857. The second-order valence-electron chi connectivity index (χ2n) is 4.77. The summed E-state index contributed by atoms with van der Waals surface area (Å²) in [6.45, 7) is 7.14. The Hall–Kier alpha value is -0.980. The first kappa shape index (κ1) is 19.0. The van der Waals surface area contributed by atoms with Crippen LogP contribution in [0.5, 0.6) is 0 Å². The lowest BCUT2D eigenvalue weighted by molar-refractivity contribution is -0.137. The standard InChI is InChI=1S/C14H29N3O3/c1-2-15-8-5-9-16-10-11-17-12-13(18)6-3-4-7-14(19)20/h15-17H,2-12H2,1H3,(H,19,20).